The second kappa shape index (κ2) is 5.57. The lowest BCUT2D eigenvalue weighted by Crippen LogP contribution is -2.16. The first-order valence-electron chi connectivity index (χ1n) is 5.45. The molecule has 0 spiro atoms. The molecule has 1 amide bonds. The molecule has 9 heteroatoms. The summed E-state index contributed by atoms with van der Waals surface area (Å²) in [5.41, 5.74) is -1.57. The molecular formula is C12H6F3N3O3. The molecule has 0 aliphatic carbocycles. The zero-order valence-electron chi connectivity index (χ0n) is 10.1. The van der Waals surface area contributed by atoms with Crippen molar-refractivity contribution in [1.82, 2.24) is 4.98 Å². The van der Waals surface area contributed by atoms with E-state index in [0.29, 0.717) is 6.07 Å². The number of nitrogens with zero attached hydrogens (tertiary/aromatic N) is 2. The summed E-state index contributed by atoms with van der Waals surface area (Å²) in [6, 6.07) is 3.42. The van der Waals surface area contributed by atoms with Crippen LogP contribution in [-0.4, -0.2) is 15.8 Å². The number of halogens is 3. The van der Waals surface area contributed by atoms with Gasteiger partial charge in [-0.25, -0.2) is 13.8 Å². The molecule has 0 atom stereocenters. The lowest BCUT2D eigenvalue weighted by atomic mass is 10.2. The molecule has 108 valence electrons. The Balaban J connectivity index is 2.28. The van der Waals surface area contributed by atoms with Crippen molar-refractivity contribution < 1.29 is 22.9 Å². The van der Waals surface area contributed by atoms with Gasteiger partial charge >= 0.3 is 0 Å². The van der Waals surface area contributed by atoms with Gasteiger partial charge in [0.2, 0.25) is 5.95 Å². The summed E-state index contributed by atoms with van der Waals surface area (Å²) in [5, 5.41) is 12.4. The van der Waals surface area contributed by atoms with Crippen molar-refractivity contribution in [1.29, 1.82) is 0 Å². The quantitative estimate of drug-likeness (QED) is 0.536. The minimum Gasteiger partial charge on any atom is -0.319 e. The minimum absolute atomic E-state index is 0.401. The van der Waals surface area contributed by atoms with Crippen LogP contribution in [-0.2, 0) is 0 Å². The Hall–Kier alpha value is -2.97. The highest BCUT2D eigenvalue weighted by Gasteiger charge is 2.18. The van der Waals surface area contributed by atoms with Crippen LogP contribution in [0.15, 0.2) is 30.5 Å². The van der Waals surface area contributed by atoms with Crippen molar-refractivity contribution >= 4 is 17.3 Å². The predicted molar refractivity (Wildman–Crippen MR) is 65.2 cm³/mol. The summed E-state index contributed by atoms with van der Waals surface area (Å²) in [5.74, 6) is -5.13. The Morgan fingerprint density at radius 3 is 2.57 bits per heavy atom. The zero-order valence-corrected chi connectivity index (χ0v) is 10.1. The number of non-ortho nitro benzene ring substituents is 1. The van der Waals surface area contributed by atoms with E-state index >= 15 is 0 Å². The average molecular weight is 297 g/mol. The third-order valence-electron chi connectivity index (χ3n) is 2.50. The molecule has 0 saturated heterocycles. The summed E-state index contributed by atoms with van der Waals surface area (Å²) in [4.78, 5) is 24.3. The van der Waals surface area contributed by atoms with Gasteiger partial charge in [-0.15, -0.1) is 0 Å². The molecule has 2 rings (SSSR count). The van der Waals surface area contributed by atoms with Crippen LogP contribution in [0.5, 0.6) is 0 Å². The molecule has 2 aromatic rings. The molecule has 1 N–H and O–H groups in total. The lowest BCUT2D eigenvalue weighted by Gasteiger charge is -2.07. The van der Waals surface area contributed by atoms with E-state index in [2.05, 4.69) is 4.98 Å². The fourth-order valence-corrected chi connectivity index (χ4v) is 1.50. The topological polar surface area (TPSA) is 85.1 Å². The summed E-state index contributed by atoms with van der Waals surface area (Å²) in [7, 11) is 0. The van der Waals surface area contributed by atoms with E-state index in [1.54, 1.807) is 0 Å². The Morgan fingerprint density at radius 2 is 1.95 bits per heavy atom. The van der Waals surface area contributed by atoms with Crippen LogP contribution < -0.4 is 5.32 Å². The van der Waals surface area contributed by atoms with E-state index in [1.165, 1.54) is 0 Å². The summed E-state index contributed by atoms with van der Waals surface area (Å²) in [6.45, 7) is 0. The number of hydrogen-bond donors (Lipinski definition) is 1. The van der Waals surface area contributed by atoms with Gasteiger partial charge in [0.05, 0.1) is 22.2 Å². The maximum Gasteiger partial charge on any atom is 0.272 e. The standard InChI is InChI=1S/C12H6F3N3O3/c13-8-5-6(18(20)21)1-2-9(8)17-12(19)7-3-4-16-11(15)10(7)14/h1-5H,(H,17,19). The van der Waals surface area contributed by atoms with E-state index in [9.17, 15) is 28.1 Å². The fourth-order valence-electron chi connectivity index (χ4n) is 1.50. The van der Waals surface area contributed by atoms with Gasteiger partial charge < -0.3 is 5.32 Å². The summed E-state index contributed by atoms with van der Waals surface area (Å²) < 4.78 is 39.8. The van der Waals surface area contributed by atoms with Crippen LogP contribution >= 0.6 is 0 Å². The monoisotopic (exact) mass is 297 g/mol. The molecule has 0 saturated carbocycles. The number of pyridine rings is 1. The normalized spacial score (nSPS) is 10.2. The van der Waals surface area contributed by atoms with E-state index in [0.717, 1.165) is 24.4 Å². The molecule has 0 fully saturated rings. The van der Waals surface area contributed by atoms with Crippen molar-refractivity contribution in [3.8, 4) is 0 Å². The van der Waals surface area contributed by atoms with Gasteiger partial charge in [0.25, 0.3) is 11.6 Å². The average Bonchev–Trinajstić information content (AvgIpc) is 2.43. The molecule has 1 aromatic carbocycles. The lowest BCUT2D eigenvalue weighted by molar-refractivity contribution is -0.385. The second-order valence-corrected chi connectivity index (χ2v) is 3.84. The van der Waals surface area contributed by atoms with Crippen LogP contribution in [0.2, 0.25) is 0 Å². The molecule has 1 heterocycles. The molecule has 0 radical (unpaired) electrons. The Kier molecular flexibility index (Phi) is 3.83. The largest absolute Gasteiger partial charge is 0.319 e. The van der Waals surface area contributed by atoms with Crippen LogP contribution in [0, 0.1) is 27.7 Å². The minimum atomic E-state index is -1.47. The van der Waals surface area contributed by atoms with Gasteiger partial charge in [0, 0.05) is 12.3 Å². The molecule has 0 unspecified atom stereocenters. The fraction of sp³-hybridized carbons (Fsp3) is 0. The van der Waals surface area contributed by atoms with Crippen LogP contribution in [0.4, 0.5) is 24.5 Å². The maximum atomic E-state index is 13.6. The van der Waals surface area contributed by atoms with Crippen molar-refractivity contribution in [3.05, 3.63) is 63.7 Å². The number of aromatic nitrogens is 1. The third kappa shape index (κ3) is 2.96. The molecule has 1 aromatic heterocycles. The molecule has 0 aliphatic heterocycles. The summed E-state index contributed by atoms with van der Waals surface area (Å²) in [6.07, 6.45) is 0.875. The number of benzene rings is 1. The number of nitro benzene ring substituents is 1. The smallest absolute Gasteiger partial charge is 0.272 e. The van der Waals surface area contributed by atoms with Gasteiger partial charge in [-0.3, -0.25) is 14.9 Å². The first kappa shape index (κ1) is 14.4. The van der Waals surface area contributed by atoms with Gasteiger partial charge in [-0.05, 0) is 12.1 Å². The van der Waals surface area contributed by atoms with Crippen molar-refractivity contribution in [3.63, 3.8) is 0 Å². The van der Waals surface area contributed by atoms with Gasteiger partial charge in [-0.1, -0.05) is 0 Å². The first-order chi connectivity index (χ1) is 9.90. The number of rotatable bonds is 3. The van der Waals surface area contributed by atoms with E-state index < -0.39 is 45.4 Å². The van der Waals surface area contributed by atoms with E-state index in [4.69, 9.17) is 0 Å². The number of carbonyl (C=O) groups is 1. The van der Waals surface area contributed by atoms with E-state index in [1.807, 2.05) is 5.32 Å². The number of nitro groups is 1. The highest BCUT2D eigenvalue weighted by molar-refractivity contribution is 6.04. The molecule has 0 aliphatic rings. The number of amides is 1. The van der Waals surface area contributed by atoms with Gasteiger partial charge in [0.1, 0.15) is 0 Å². The summed E-state index contributed by atoms with van der Waals surface area (Å²) >= 11 is 0. The number of hydrogen-bond acceptors (Lipinski definition) is 4. The van der Waals surface area contributed by atoms with Crippen molar-refractivity contribution in [2.24, 2.45) is 0 Å². The van der Waals surface area contributed by atoms with Crippen molar-refractivity contribution in [2.45, 2.75) is 0 Å². The first-order valence-corrected chi connectivity index (χ1v) is 5.45. The van der Waals surface area contributed by atoms with Gasteiger partial charge in [-0.2, -0.15) is 4.39 Å². The highest BCUT2D eigenvalue weighted by atomic mass is 19.2. The maximum absolute atomic E-state index is 13.6. The molecule has 21 heavy (non-hydrogen) atoms. The predicted octanol–water partition coefficient (Wildman–Crippen LogP) is 2.66. The number of nitrogens with one attached hydrogen (secondary N) is 1. The number of carbonyl (C=O) groups excluding carboxylic acids is 1. The van der Waals surface area contributed by atoms with Gasteiger partial charge in [0.15, 0.2) is 11.6 Å². The Labute approximate surface area is 115 Å². The third-order valence-corrected chi connectivity index (χ3v) is 2.50. The molecule has 6 nitrogen and oxygen atoms in total. The SMILES string of the molecule is O=C(Nc1ccc([N+](=O)[O-])cc1F)c1ccnc(F)c1F. The van der Waals surface area contributed by atoms with E-state index in [-0.39, 0.29) is 0 Å². The molecular weight excluding hydrogens is 291 g/mol. The highest BCUT2D eigenvalue weighted by Crippen LogP contribution is 2.21. The van der Waals surface area contributed by atoms with Crippen LogP contribution in [0.3, 0.4) is 0 Å². The Bertz CT molecular complexity index is 737. The number of anilines is 1. The zero-order chi connectivity index (χ0) is 15.6. The molecule has 0 bridgehead atoms. The van der Waals surface area contributed by atoms with Crippen molar-refractivity contribution in [2.75, 3.05) is 5.32 Å². The second-order valence-electron chi connectivity index (χ2n) is 3.84. The van der Waals surface area contributed by atoms with Crippen LogP contribution in [0.25, 0.3) is 0 Å². The Morgan fingerprint density at radius 1 is 1.24 bits per heavy atom. The van der Waals surface area contributed by atoms with Crippen LogP contribution in [0.1, 0.15) is 10.4 Å².